The van der Waals surface area contributed by atoms with Gasteiger partial charge in [-0.3, -0.25) is 14.9 Å². The van der Waals surface area contributed by atoms with E-state index in [1.54, 1.807) is 6.92 Å². The minimum atomic E-state index is -4.06. The molecule has 0 spiro atoms. The summed E-state index contributed by atoms with van der Waals surface area (Å²) in [5.41, 5.74) is -0.481. The first-order valence-electron chi connectivity index (χ1n) is 7.37. The molecule has 9 nitrogen and oxygen atoms in total. The molecular formula is C14H18N2O7S. The number of sulfonamides is 1. The second-order valence-corrected chi connectivity index (χ2v) is 7.00. The fourth-order valence-electron chi connectivity index (χ4n) is 2.41. The molecule has 0 radical (unpaired) electrons. The molecule has 1 saturated heterocycles. The average molecular weight is 358 g/mol. The molecule has 0 aromatic heterocycles. The summed E-state index contributed by atoms with van der Waals surface area (Å²) in [6.45, 7) is 2.00. The number of para-hydroxylation sites is 1. The van der Waals surface area contributed by atoms with E-state index in [-0.39, 0.29) is 37.6 Å². The average Bonchev–Trinajstić information content (AvgIpc) is 2.55. The highest BCUT2D eigenvalue weighted by molar-refractivity contribution is 7.89. The van der Waals surface area contributed by atoms with Crippen molar-refractivity contribution < 1.29 is 27.6 Å². The van der Waals surface area contributed by atoms with Gasteiger partial charge in [0, 0.05) is 19.2 Å². The molecule has 1 unspecified atom stereocenters. The summed E-state index contributed by atoms with van der Waals surface area (Å²) in [5, 5.41) is 11.1. The van der Waals surface area contributed by atoms with E-state index in [9.17, 15) is 23.3 Å². The second-order valence-electron chi connectivity index (χ2n) is 5.09. The maximum atomic E-state index is 12.7. The van der Waals surface area contributed by atoms with Crippen molar-refractivity contribution in [1.82, 2.24) is 4.31 Å². The summed E-state index contributed by atoms with van der Waals surface area (Å²) in [7, 11) is -4.06. The number of rotatable bonds is 6. The fraction of sp³-hybridized carbons (Fsp3) is 0.500. The number of benzene rings is 1. The van der Waals surface area contributed by atoms with Crippen molar-refractivity contribution in [1.29, 1.82) is 0 Å². The quantitative estimate of drug-likeness (QED) is 0.422. The van der Waals surface area contributed by atoms with Crippen molar-refractivity contribution in [2.75, 3.05) is 26.3 Å². The largest absolute Gasteiger partial charge is 0.466 e. The summed E-state index contributed by atoms with van der Waals surface area (Å²) in [5.74, 6) is -0.479. The van der Waals surface area contributed by atoms with Crippen LogP contribution in [0.5, 0.6) is 0 Å². The maximum Gasteiger partial charge on any atom is 0.308 e. The topological polar surface area (TPSA) is 116 Å². The van der Waals surface area contributed by atoms with Gasteiger partial charge in [-0.05, 0) is 13.0 Å². The van der Waals surface area contributed by atoms with Gasteiger partial charge >= 0.3 is 5.97 Å². The van der Waals surface area contributed by atoms with Gasteiger partial charge in [0.15, 0.2) is 4.90 Å². The molecule has 132 valence electrons. The number of carbonyl (C=O) groups is 1. The summed E-state index contributed by atoms with van der Waals surface area (Å²) in [6.07, 6.45) is -0.716. The highest BCUT2D eigenvalue weighted by Crippen LogP contribution is 2.27. The predicted molar refractivity (Wildman–Crippen MR) is 82.8 cm³/mol. The Morgan fingerprint density at radius 2 is 2.17 bits per heavy atom. The molecule has 1 aromatic carbocycles. The second kappa shape index (κ2) is 7.69. The lowest BCUT2D eigenvalue weighted by Crippen LogP contribution is -2.46. The Labute approximate surface area is 139 Å². The zero-order chi connectivity index (χ0) is 17.7. The van der Waals surface area contributed by atoms with Crippen molar-refractivity contribution in [2.45, 2.75) is 24.3 Å². The Hall–Kier alpha value is -2.04. The van der Waals surface area contributed by atoms with Gasteiger partial charge in [-0.2, -0.15) is 4.31 Å². The highest BCUT2D eigenvalue weighted by Gasteiger charge is 2.35. The molecule has 0 N–H and O–H groups in total. The molecule has 1 aliphatic rings. The molecule has 0 aliphatic carbocycles. The smallest absolute Gasteiger partial charge is 0.308 e. The Morgan fingerprint density at radius 3 is 2.83 bits per heavy atom. The number of carbonyl (C=O) groups excluding carboxylic acids is 1. The molecule has 1 heterocycles. The molecule has 0 bridgehead atoms. The van der Waals surface area contributed by atoms with Crippen molar-refractivity contribution in [3.05, 3.63) is 34.4 Å². The number of ether oxygens (including phenoxy) is 2. The number of esters is 1. The molecule has 1 aromatic rings. The Balaban J connectivity index is 2.20. The highest BCUT2D eigenvalue weighted by atomic mass is 32.2. The van der Waals surface area contributed by atoms with Crippen LogP contribution in [0, 0.1) is 10.1 Å². The minimum absolute atomic E-state index is 0.0623. The van der Waals surface area contributed by atoms with E-state index in [2.05, 4.69) is 0 Å². The van der Waals surface area contributed by atoms with E-state index in [4.69, 9.17) is 9.47 Å². The first-order valence-corrected chi connectivity index (χ1v) is 8.81. The molecule has 0 saturated carbocycles. The van der Waals surface area contributed by atoms with Crippen LogP contribution in [-0.4, -0.2) is 56.0 Å². The maximum absolute atomic E-state index is 12.7. The van der Waals surface area contributed by atoms with Crippen molar-refractivity contribution in [2.24, 2.45) is 0 Å². The summed E-state index contributed by atoms with van der Waals surface area (Å²) >= 11 is 0. The van der Waals surface area contributed by atoms with Gasteiger partial charge in [0.25, 0.3) is 5.69 Å². The monoisotopic (exact) mass is 358 g/mol. The number of nitrogens with zero attached hydrogens (tertiary/aromatic N) is 2. The fourth-order valence-corrected chi connectivity index (χ4v) is 4.02. The number of nitro groups is 1. The molecule has 10 heteroatoms. The van der Waals surface area contributed by atoms with E-state index >= 15 is 0 Å². The van der Waals surface area contributed by atoms with Crippen LogP contribution in [-0.2, 0) is 24.3 Å². The van der Waals surface area contributed by atoms with Gasteiger partial charge in [0.1, 0.15) is 0 Å². The van der Waals surface area contributed by atoms with Gasteiger partial charge < -0.3 is 9.47 Å². The first-order chi connectivity index (χ1) is 11.4. The Kier molecular flexibility index (Phi) is 5.86. The van der Waals surface area contributed by atoms with Crippen molar-refractivity contribution in [3.63, 3.8) is 0 Å². The van der Waals surface area contributed by atoms with Crippen LogP contribution in [0.3, 0.4) is 0 Å². The Bertz CT molecular complexity index is 720. The third-order valence-electron chi connectivity index (χ3n) is 3.48. The van der Waals surface area contributed by atoms with E-state index in [1.807, 2.05) is 0 Å². The predicted octanol–water partition coefficient (Wildman–Crippen LogP) is 0.938. The molecule has 1 fully saturated rings. The number of morpholine rings is 1. The van der Waals surface area contributed by atoms with Gasteiger partial charge in [-0.25, -0.2) is 8.42 Å². The number of nitro benzene ring substituents is 1. The van der Waals surface area contributed by atoms with Crippen LogP contribution >= 0.6 is 0 Å². The third-order valence-corrected chi connectivity index (χ3v) is 5.39. The molecule has 1 atom stereocenters. The van der Waals surface area contributed by atoms with E-state index in [1.165, 1.54) is 18.2 Å². The zero-order valence-corrected chi connectivity index (χ0v) is 13.9. The van der Waals surface area contributed by atoms with Crippen LogP contribution in [0.15, 0.2) is 29.2 Å². The molecule has 2 rings (SSSR count). The molecular weight excluding hydrogens is 340 g/mol. The number of hydrogen-bond donors (Lipinski definition) is 0. The third kappa shape index (κ3) is 4.08. The van der Waals surface area contributed by atoms with Crippen LogP contribution in [0.1, 0.15) is 13.3 Å². The normalized spacial score (nSPS) is 19.0. The standard InChI is InChI=1S/C14H18N2O7S/c1-2-22-14(17)9-11-10-15(7-8-23-11)24(20,21)13-6-4-3-5-12(13)16(18)19/h3-6,11H,2,7-10H2,1H3. The van der Waals surface area contributed by atoms with E-state index in [0.717, 1.165) is 10.4 Å². The van der Waals surface area contributed by atoms with Crippen LogP contribution in [0.2, 0.25) is 0 Å². The van der Waals surface area contributed by atoms with Crippen molar-refractivity contribution >= 4 is 21.7 Å². The molecule has 0 amide bonds. The van der Waals surface area contributed by atoms with Gasteiger partial charge in [0.05, 0.1) is 30.7 Å². The lowest BCUT2D eigenvalue weighted by atomic mass is 10.2. The summed E-state index contributed by atoms with van der Waals surface area (Å²) in [4.78, 5) is 21.5. The lowest BCUT2D eigenvalue weighted by molar-refractivity contribution is -0.387. The van der Waals surface area contributed by atoms with Crippen LogP contribution in [0.25, 0.3) is 0 Å². The molecule has 1 aliphatic heterocycles. The van der Waals surface area contributed by atoms with Gasteiger partial charge in [0.2, 0.25) is 10.0 Å². The van der Waals surface area contributed by atoms with Crippen LogP contribution < -0.4 is 0 Å². The number of hydrogen-bond acceptors (Lipinski definition) is 7. The Morgan fingerprint density at radius 1 is 1.46 bits per heavy atom. The van der Waals surface area contributed by atoms with Crippen LogP contribution in [0.4, 0.5) is 5.69 Å². The van der Waals surface area contributed by atoms with Crippen molar-refractivity contribution in [3.8, 4) is 0 Å². The lowest BCUT2D eigenvalue weighted by Gasteiger charge is -2.31. The van der Waals surface area contributed by atoms with Gasteiger partial charge in [-0.1, -0.05) is 12.1 Å². The molecule has 24 heavy (non-hydrogen) atoms. The summed E-state index contributed by atoms with van der Waals surface area (Å²) < 4.78 is 36.8. The minimum Gasteiger partial charge on any atom is -0.466 e. The first kappa shape index (κ1) is 18.3. The van der Waals surface area contributed by atoms with E-state index < -0.39 is 32.7 Å². The summed E-state index contributed by atoms with van der Waals surface area (Å²) in [6, 6.07) is 5.17. The zero-order valence-electron chi connectivity index (χ0n) is 13.1. The SMILES string of the molecule is CCOC(=O)CC1CN(S(=O)(=O)c2ccccc2[N+](=O)[O-])CCO1. The van der Waals surface area contributed by atoms with E-state index in [0.29, 0.717) is 0 Å². The van der Waals surface area contributed by atoms with Gasteiger partial charge in [-0.15, -0.1) is 0 Å².